The minimum absolute atomic E-state index is 0.130. The van der Waals surface area contributed by atoms with Crippen LogP contribution >= 0.6 is 11.3 Å². The summed E-state index contributed by atoms with van der Waals surface area (Å²) in [6, 6.07) is 15.4. The molecule has 0 bridgehead atoms. The molecule has 0 radical (unpaired) electrons. The van der Waals surface area contributed by atoms with Gasteiger partial charge in [-0.25, -0.2) is 18.1 Å². The molecule has 6 nitrogen and oxygen atoms in total. The van der Waals surface area contributed by atoms with Crippen LogP contribution in [0.4, 0.5) is 5.13 Å². The van der Waals surface area contributed by atoms with Crippen molar-refractivity contribution in [1.29, 1.82) is 0 Å². The summed E-state index contributed by atoms with van der Waals surface area (Å²) in [6.07, 6.45) is 0.693. The first-order valence-corrected chi connectivity index (χ1v) is 11.2. The summed E-state index contributed by atoms with van der Waals surface area (Å²) in [4.78, 5) is 17.0. The Labute approximate surface area is 168 Å². The standard InChI is InChI=1S/C20H21N3O3S2/c1-3-14(2)23-28(25,26)17-11-9-16(10-12-17)19(24)22-20-21-18(13-27-20)15-7-5-4-6-8-15/h4-14,23H,3H2,1-2H3,(H,21,22,24). The van der Waals surface area contributed by atoms with Crippen LogP contribution in [0.2, 0.25) is 0 Å². The average molecular weight is 416 g/mol. The Bertz CT molecular complexity index is 1050. The number of carbonyl (C=O) groups is 1. The van der Waals surface area contributed by atoms with E-state index < -0.39 is 10.0 Å². The highest BCUT2D eigenvalue weighted by Gasteiger charge is 2.17. The summed E-state index contributed by atoms with van der Waals surface area (Å²) in [7, 11) is -3.59. The van der Waals surface area contributed by atoms with Crippen LogP contribution in [-0.2, 0) is 10.0 Å². The van der Waals surface area contributed by atoms with Crippen LogP contribution in [0, 0.1) is 0 Å². The Morgan fingerprint density at radius 3 is 2.43 bits per heavy atom. The van der Waals surface area contributed by atoms with Gasteiger partial charge in [0.25, 0.3) is 5.91 Å². The van der Waals surface area contributed by atoms with Crippen molar-refractivity contribution in [2.45, 2.75) is 31.2 Å². The van der Waals surface area contributed by atoms with Crippen LogP contribution in [0.15, 0.2) is 64.9 Å². The van der Waals surface area contributed by atoms with Crippen molar-refractivity contribution in [1.82, 2.24) is 9.71 Å². The molecule has 0 aliphatic rings. The lowest BCUT2D eigenvalue weighted by Crippen LogP contribution is -2.32. The third-order valence-corrected chi connectivity index (χ3v) is 6.55. The third kappa shape index (κ3) is 4.83. The largest absolute Gasteiger partial charge is 0.298 e. The van der Waals surface area contributed by atoms with Crippen LogP contribution in [0.25, 0.3) is 11.3 Å². The van der Waals surface area contributed by atoms with Crippen molar-refractivity contribution in [3.8, 4) is 11.3 Å². The maximum absolute atomic E-state index is 12.4. The molecule has 3 rings (SSSR count). The molecule has 0 fully saturated rings. The minimum atomic E-state index is -3.59. The molecule has 2 N–H and O–H groups in total. The first-order chi connectivity index (χ1) is 13.4. The Balaban J connectivity index is 1.69. The van der Waals surface area contributed by atoms with Gasteiger partial charge in [-0.1, -0.05) is 37.3 Å². The van der Waals surface area contributed by atoms with E-state index in [1.807, 2.05) is 42.6 Å². The molecule has 3 aromatic rings. The van der Waals surface area contributed by atoms with Crippen LogP contribution < -0.4 is 10.0 Å². The van der Waals surface area contributed by atoms with Gasteiger partial charge in [0.1, 0.15) is 0 Å². The number of rotatable bonds is 7. The Hall–Kier alpha value is -2.55. The fourth-order valence-electron chi connectivity index (χ4n) is 2.44. The number of carbonyl (C=O) groups excluding carboxylic acids is 1. The van der Waals surface area contributed by atoms with Crippen molar-refractivity contribution in [2.75, 3.05) is 5.32 Å². The summed E-state index contributed by atoms with van der Waals surface area (Å²) in [6.45, 7) is 3.71. The molecule has 2 aromatic carbocycles. The summed E-state index contributed by atoms with van der Waals surface area (Å²) in [5.41, 5.74) is 2.13. The van der Waals surface area contributed by atoms with Gasteiger partial charge in [-0.2, -0.15) is 0 Å². The van der Waals surface area contributed by atoms with Gasteiger partial charge in [0.2, 0.25) is 10.0 Å². The Kier molecular flexibility index (Phi) is 6.23. The lowest BCUT2D eigenvalue weighted by molar-refractivity contribution is 0.102. The molecule has 28 heavy (non-hydrogen) atoms. The zero-order valence-electron chi connectivity index (χ0n) is 15.5. The van der Waals surface area contributed by atoms with Crippen molar-refractivity contribution >= 4 is 32.4 Å². The van der Waals surface area contributed by atoms with Gasteiger partial charge in [0.15, 0.2) is 5.13 Å². The first-order valence-electron chi connectivity index (χ1n) is 8.83. The number of nitrogens with zero attached hydrogens (tertiary/aromatic N) is 1. The SMILES string of the molecule is CCC(C)NS(=O)(=O)c1ccc(C(=O)Nc2nc(-c3ccccc3)cs2)cc1. The molecule has 0 aliphatic heterocycles. The smallest absolute Gasteiger partial charge is 0.257 e. The molecule has 1 aromatic heterocycles. The van der Waals surface area contributed by atoms with Crippen molar-refractivity contribution < 1.29 is 13.2 Å². The second kappa shape index (κ2) is 8.64. The highest BCUT2D eigenvalue weighted by Crippen LogP contribution is 2.25. The quantitative estimate of drug-likeness (QED) is 0.607. The average Bonchev–Trinajstić information content (AvgIpc) is 3.17. The van der Waals surface area contributed by atoms with E-state index >= 15 is 0 Å². The third-order valence-electron chi connectivity index (χ3n) is 4.19. The lowest BCUT2D eigenvalue weighted by Gasteiger charge is -2.12. The molecule has 0 aliphatic carbocycles. The van der Waals surface area contributed by atoms with Crippen molar-refractivity contribution in [3.63, 3.8) is 0 Å². The van der Waals surface area contributed by atoms with Gasteiger partial charge < -0.3 is 0 Å². The van der Waals surface area contributed by atoms with E-state index in [-0.39, 0.29) is 16.8 Å². The normalized spacial score (nSPS) is 12.5. The second-order valence-electron chi connectivity index (χ2n) is 6.31. The maximum atomic E-state index is 12.4. The number of nitrogens with one attached hydrogen (secondary N) is 2. The number of hydrogen-bond donors (Lipinski definition) is 2. The number of sulfonamides is 1. The monoisotopic (exact) mass is 415 g/mol. The second-order valence-corrected chi connectivity index (χ2v) is 8.89. The predicted octanol–water partition coefficient (Wildman–Crippen LogP) is 4.14. The topological polar surface area (TPSA) is 88.2 Å². The molecule has 1 amide bonds. The fraction of sp³-hybridized carbons (Fsp3) is 0.200. The maximum Gasteiger partial charge on any atom is 0.257 e. The van der Waals surface area contributed by atoms with Gasteiger partial charge in [-0.05, 0) is 37.6 Å². The van der Waals surface area contributed by atoms with Crippen molar-refractivity contribution in [2.24, 2.45) is 0 Å². The number of anilines is 1. The van der Waals surface area contributed by atoms with E-state index in [0.717, 1.165) is 11.3 Å². The molecule has 1 heterocycles. The summed E-state index contributed by atoms with van der Waals surface area (Å²) in [5, 5.41) is 5.11. The van der Waals surface area contributed by atoms with Crippen LogP contribution in [0.5, 0.6) is 0 Å². The Morgan fingerprint density at radius 2 is 1.79 bits per heavy atom. The van der Waals surface area contributed by atoms with Gasteiger partial charge in [-0.3, -0.25) is 10.1 Å². The van der Waals surface area contributed by atoms with E-state index in [2.05, 4.69) is 15.0 Å². The summed E-state index contributed by atoms with van der Waals surface area (Å²) in [5.74, 6) is -0.340. The van der Waals surface area contributed by atoms with Crippen LogP contribution in [0.1, 0.15) is 30.6 Å². The molecule has 146 valence electrons. The van der Waals surface area contributed by atoms with Gasteiger partial charge in [0, 0.05) is 22.5 Å². The molecule has 1 atom stereocenters. The van der Waals surface area contributed by atoms with Gasteiger partial charge in [0.05, 0.1) is 10.6 Å². The molecule has 1 unspecified atom stereocenters. The highest BCUT2D eigenvalue weighted by molar-refractivity contribution is 7.89. The fourth-order valence-corrected chi connectivity index (χ4v) is 4.49. The highest BCUT2D eigenvalue weighted by atomic mass is 32.2. The van der Waals surface area contributed by atoms with E-state index in [4.69, 9.17) is 0 Å². The summed E-state index contributed by atoms with van der Waals surface area (Å²) >= 11 is 1.34. The molecule has 0 saturated heterocycles. The number of benzene rings is 2. The van der Waals surface area contributed by atoms with E-state index in [0.29, 0.717) is 17.1 Å². The van der Waals surface area contributed by atoms with E-state index in [9.17, 15) is 13.2 Å². The van der Waals surface area contributed by atoms with Crippen LogP contribution in [0.3, 0.4) is 0 Å². The number of thiazole rings is 1. The first kappa shape index (κ1) is 20.2. The minimum Gasteiger partial charge on any atom is -0.298 e. The molecule has 0 spiro atoms. The molecular weight excluding hydrogens is 394 g/mol. The molecule has 8 heteroatoms. The number of hydrogen-bond acceptors (Lipinski definition) is 5. The van der Waals surface area contributed by atoms with Crippen molar-refractivity contribution in [3.05, 3.63) is 65.5 Å². The predicted molar refractivity (Wildman–Crippen MR) is 112 cm³/mol. The van der Waals surface area contributed by atoms with Gasteiger partial charge in [-0.15, -0.1) is 11.3 Å². The van der Waals surface area contributed by atoms with E-state index in [1.165, 1.54) is 35.6 Å². The molecule has 0 saturated carbocycles. The zero-order valence-corrected chi connectivity index (χ0v) is 17.2. The van der Waals surface area contributed by atoms with Gasteiger partial charge >= 0.3 is 0 Å². The zero-order chi connectivity index (χ0) is 20.1. The van der Waals surface area contributed by atoms with Crippen LogP contribution in [-0.4, -0.2) is 25.4 Å². The summed E-state index contributed by atoms with van der Waals surface area (Å²) < 4.78 is 27.2. The Morgan fingerprint density at radius 1 is 1.11 bits per heavy atom. The number of amides is 1. The van der Waals surface area contributed by atoms with E-state index in [1.54, 1.807) is 6.92 Å². The lowest BCUT2D eigenvalue weighted by atomic mass is 10.2. The molecular formula is C20H21N3O3S2. The number of aromatic nitrogens is 1.